The van der Waals surface area contributed by atoms with Gasteiger partial charge in [0, 0.05) is 13.0 Å². The Balaban J connectivity index is 1.98. The monoisotopic (exact) mass is 263 g/mol. The van der Waals surface area contributed by atoms with Crippen LogP contribution in [0.4, 0.5) is 0 Å². The third kappa shape index (κ3) is 3.70. The lowest BCUT2D eigenvalue weighted by molar-refractivity contribution is -0.132. The number of carbonyl (C=O) groups is 1. The van der Waals surface area contributed by atoms with Gasteiger partial charge in [0.05, 0.1) is 19.8 Å². The molecule has 0 aliphatic carbocycles. The topological polar surface area (TPSA) is 49.8 Å². The van der Waals surface area contributed by atoms with E-state index in [-0.39, 0.29) is 5.91 Å². The third-order valence-corrected chi connectivity index (χ3v) is 3.57. The highest BCUT2D eigenvalue weighted by Crippen LogP contribution is 2.20. The molecule has 1 unspecified atom stereocenters. The molecule has 1 N–H and O–H groups in total. The number of rotatable bonds is 4. The molecule has 1 fully saturated rings. The second-order valence-corrected chi connectivity index (χ2v) is 4.94. The number of ether oxygens (including phenoxy) is 1. The molecule has 0 aromatic heterocycles. The molecule has 0 saturated carbocycles. The molecule has 1 aromatic rings. The average Bonchev–Trinajstić information content (AvgIpc) is 2.64. The second kappa shape index (κ2) is 6.57. The zero-order chi connectivity index (χ0) is 13.7. The maximum Gasteiger partial charge on any atom is 0.222 e. The summed E-state index contributed by atoms with van der Waals surface area (Å²) in [6.45, 7) is 1.14. The summed E-state index contributed by atoms with van der Waals surface area (Å²) in [6.07, 6.45) is 3.07. The maximum absolute atomic E-state index is 11.9. The quantitative estimate of drug-likeness (QED) is 0.905. The fraction of sp³-hybridized carbons (Fsp3) is 0.533. The minimum Gasteiger partial charge on any atom is -0.497 e. The summed E-state index contributed by atoms with van der Waals surface area (Å²) < 4.78 is 5.09. The number of β-amino-alcohol motifs (C(OH)–C–C–N with tert-alkyl or cyclic N) is 1. The molecular formula is C15H21NO3. The lowest BCUT2D eigenvalue weighted by Gasteiger charge is -2.24. The molecule has 0 bridgehead atoms. The predicted molar refractivity (Wildman–Crippen MR) is 73.0 cm³/mol. The number of likely N-dealkylation sites (tertiary alicyclic amines) is 1. The number of carbonyl (C=O) groups excluding carboxylic acids is 1. The van der Waals surface area contributed by atoms with Gasteiger partial charge in [-0.15, -0.1) is 0 Å². The van der Waals surface area contributed by atoms with E-state index >= 15 is 0 Å². The molecule has 1 saturated heterocycles. The van der Waals surface area contributed by atoms with Crippen molar-refractivity contribution in [3.05, 3.63) is 29.8 Å². The van der Waals surface area contributed by atoms with Gasteiger partial charge in [0.2, 0.25) is 5.91 Å². The van der Waals surface area contributed by atoms with Crippen molar-refractivity contribution < 1.29 is 14.6 Å². The molecule has 4 nitrogen and oxygen atoms in total. The van der Waals surface area contributed by atoms with Crippen molar-refractivity contribution in [3.8, 4) is 5.75 Å². The van der Waals surface area contributed by atoms with Gasteiger partial charge in [-0.25, -0.2) is 0 Å². The second-order valence-electron chi connectivity index (χ2n) is 4.94. The maximum atomic E-state index is 11.9. The number of amides is 1. The molecule has 2 rings (SSSR count). The summed E-state index contributed by atoms with van der Waals surface area (Å²) in [7, 11) is 1.61. The summed E-state index contributed by atoms with van der Waals surface area (Å²) in [5, 5.41) is 10.2. The Morgan fingerprint density at radius 3 is 2.68 bits per heavy atom. The molecule has 0 radical (unpaired) electrons. The van der Waals surface area contributed by atoms with Gasteiger partial charge in [-0.05, 0) is 30.5 Å². The fourth-order valence-electron chi connectivity index (χ4n) is 2.37. The van der Waals surface area contributed by atoms with E-state index in [0.29, 0.717) is 13.0 Å². The first-order valence-electron chi connectivity index (χ1n) is 6.80. The Hall–Kier alpha value is -1.55. The van der Waals surface area contributed by atoms with E-state index in [1.807, 2.05) is 24.3 Å². The zero-order valence-electron chi connectivity index (χ0n) is 11.3. The van der Waals surface area contributed by atoms with E-state index in [1.165, 1.54) is 0 Å². The van der Waals surface area contributed by atoms with Crippen LogP contribution in [0, 0.1) is 0 Å². The molecule has 1 aromatic carbocycles. The van der Waals surface area contributed by atoms with Crippen LogP contribution in [0.3, 0.4) is 0 Å². The van der Waals surface area contributed by atoms with E-state index in [1.54, 1.807) is 12.0 Å². The molecule has 1 heterocycles. The number of hydrogen-bond acceptors (Lipinski definition) is 3. The number of benzene rings is 1. The standard InChI is InChI=1S/C15H21NO3/c1-19-13-8-6-12(7-9-13)14(17)11-16-10-4-2-3-5-15(16)18/h6-9,14,17H,2-5,10-11H2,1H3. The molecule has 1 amide bonds. The molecule has 4 heteroatoms. The van der Waals surface area contributed by atoms with Gasteiger partial charge < -0.3 is 14.7 Å². The van der Waals surface area contributed by atoms with Gasteiger partial charge in [0.15, 0.2) is 0 Å². The Labute approximate surface area is 114 Å². The first-order valence-corrected chi connectivity index (χ1v) is 6.80. The lowest BCUT2D eigenvalue weighted by atomic mass is 10.1. The summed E-state index contributed by atoms with van der Waals surface area (Å²) in [5.74, 6) is 0.923. The molecular weight excluding hydrogens is 242 g/mol. The Morgan fingerprint density at radius 1 is 1.26 bits per heavy atom. The minimum atomic E-state index is -0.632. The van der Waals surface area contributed by atoms with Gasteiger partial charge in [-0.2, -0.15) is 0 Å². The Bertz CT molecular complexity index is 416. The summed E-state index contributed by atoms with van der Waals surface area (Å²) >= 11 is 0. The summed E-state index contributed by atoms with van der Waals surface area (Å²) in [6, 6.07) is 7.32. The number of aliphatic hydroxyl groups excluding tert-OH is 1. The Kier molecular flexibility index (Phi) is 4.80. The van der Waals surface area contributed by atoms with Gasteiger partial charge in [-0.3, -0.25) is 4.79 Å². The first kappa shape index (κ1) is 13.9. The van der Waals surface area contributed by atoms with Crippen LogP contribution in [-0.4, -0.2) is 36.1 Å². The molecule has 1 aliphatic rings. The van der Waals surface area contributed by atoms with Gasteiger partial charge in [0.25, 0.3) is 0 Å². The number of methoxy groups -OCH3 is 1. The highest BCUT2D eigenvalue weighted by Gasteiger charge is 2.20. The van der Waals surface area contributed by atoms with E-state index in [0.717, 1.165) is 37.1 Å². The number of hydrogen-bond donors (Lipinski definition) is 1. The van der Waals surface area contributed by atoms with Crippen molar-refractivity contribution in [2.24, 2.45) is 0 Å². The van der Waals surface area contributed by atoms with Crippen LogP contribution in [0.25, 0.3) is 0 Å². The largest absolute Gasteiger partial charge is 0.497 e. The van der Waals surface area contributed by atoms with Crippen molar-refractivity contribution >= 4 is 5.91 Å². The van der Waals surface area contributed by atoms with Crippen LogP contribution in [0.2, 0.25) is 0 Å². The van der Waals surface area contributed by atoms with Crippen molar-refractivity contribution in [1.29, 1.82) is 0 Å². The van der Waals surface area contributed by atoms with Crippen LogP contribution in [0.5, 0.6) is 5.75 Å². The highest BCUT2D eigenvalue weighted by molar-refractivity contribution is 5.76. The average molecular weight is 263 g/mol. The molecule has 19 heavy (non-hydrogen) atoms. The normalized spacial score (nSPS) is 18.0. The smallest absolute Gasteiger partial charge is 0.222 e. The zero-order valence-corrected chi connectivity index (χ0v) is 11.3. The van der Waals surface area contributed by atoms with Crippen molar-refractivity contribution in [2.75, 3.05) is 20.2 Å². The van der Waals surface area contributed by atoms with Gasteiger partial charge >= 0.3 is 0 Å². The summed E-state index contributed by atoms with van der Waals surface area (Å²) in [4.78, 5) is 13.7. The van der Waals surface area contributed by atoms with Gasteiger partial charge in [-0.1, -0.05) is 18.6 Å². The first-order chi connectivity index (χ1) is 9.20. The van der Waals surface area contributed by atoms with Crippen molar-refractivity contribution in [3.63, 3.8) is 0 Å². The van der Waals surface area contributed by atoms with Crippen LogP contribution < -0.4 is 4.74 Å². The highest BCUT2D eigenvalue weighted by atomic mass is 16.5. The van der Waals surface area contributed by atoms with Crippen molar-refractivity contribution in [2.45, 2.75) is 31.8 Å². The van der Waals surface area contributed by atoms with Crippen LogP contribution in [0.15, 0.2) is 24.3 Å². The molecule has 0 spiro atoms. The molecule has 1 aliphatic heterocycles. The van der Waals surface area contributed by atoms with E-state index in [2.05, 4.69) is 0 Å². The summed E-state index contributed by atoms with van der Waals surface area (Å²) in [5.41, 5.74) is 0.817. The Morgan fingerprint density at radius 2 is 2.00 bits per heavy atom. The van der Waals surface area contributed by atoms with Crippen LogP contribution >= 0.6 is 0 Å². The van der Waals surface area contributed by atoms with Crippen LogP contribution in [0.1, 0.15) is 37.4 Å². The predicted octanol–water partition coefficient (Wildman–Crippen LogP) is 2.13. The SMILES string of the molecule is COc1ccc(C(O)CN2CCCCCC2=O)cc1. The van der Waals surface area contributed by atoms with Crippen LogP contribution in [-0.2, 0) is 4.79 Å². The van der Waals surface area contributed by atoms with Gasteiger partial charge in [0.1, 0.15) is 5.75 Å². The molecule has 1 atom stereocenters. The third-order valence-electron chi connectivity index (χ3n) is 3.57. The number of aliphatic hydroxyl groups is 1. The lowest BCUT2D eigenvalue weighted by Crippen LogP contribution is -2.34. The fourth-order valence-corrected chi connectivity index (χ4v) is 2.37. The van der Waals surface area contributed by atoms with E-state index < -0.39 is 6.10 Å². The van der Waals surface area contributed by atoms with Crippen molar-refractivity contribution in [1.82, 2.24) is 4.90 Å². The molecule has 104 valence electrons. The van der Waals surface area contributed by atoms with E-state index in [4.69, 9.17) is 4.74 Å². The van der Waals surface area contributed by atoms with E-state index in [9.17, 15) is 9.90 Å². The number of nitrogens with zero attached hydrogens (tertiary/aromatic N) is 1. The minimum absolute atomic E-state index is 0.157.